The van der Waals surface area contributed by atoms with Crippen molar-refractivity contribution >= 4 is 21.6 Å². The minimum atomic E-state index is -3.62. The molecule has 1 N–H and O–H groups in total. The van der Waals surface area contributed by atoms with E-state index in [0.29, 0.717) is 12.3 Å². The van der Waals surface area contributed by atoms with Gasteiger partial charge in [-0.2, -0.15) is 0 Å². The van der Waals surface area contributed by atoms with Gasteiger partial charge in [-0.05, 0) is 55.0 Å². The fourth-order valence-corrected chi connectivity index (χ4v) is 4.50. The van der Waals surface area contributed by atoms with Gasteiger partial charge in [-0.3, -0.25) is 9.10 Å². The average Bonchev–Trinajstić information content (AvgIpc) is 2.62. The van der Waals surface area contributed by atoms with Crippen molar-refractivity contribution in [1.82, 2.24) is 5.32 Å². The zero-order valence-corrected chi connectivity index (χ0v) is 20.4. The second-order valence-electron chi connectivity index (χ2n) is 8.99. The Labute approximate surface area is 186 Å². The molecular formula is C24H34N2O4S. The summed E-state index contributed by atoms with van der Waals surface area (Å²) in [5.41, 5.74) is 4.53. The van der Waals surface area contributed by atoms with E-state index >= 15 is 0 Å². The van der Waals surface area contributed by atoms with Crippen molar-refractivity contribution in [3.8, 4) is 5.75 Å². The third kappa shape index (κ3) is 6.99. The molecular weight excluding hydrogens is 412 g/mol. The molecule has 6 nitrogen and oxygen atoms in total. The number of hydrogen-bond donors (Lipinski definition) is 1. The second kappa shape index (κ2) is 9.73. The van der Waals surface area contributed by atoms with E-state index in [4.69, 9.17) is 4.74 Å². The molecule has 0 unspecified atom stereocenters. The molecule has 170 valence electrons. The van der Waals surface area contributed by atoms with E-state index in [1.54, 1.807) is 0 Å². The number of rotatable bonds is 8. The summed E-state index contributed by atoms with van der Waals surface area (Å²) in [6, 6.07) is 11.7. The SMILES string of the molecule is Cc1cc(C)c(N(CC(=O)NCCOc2ccc(C(C)(C)C)cc2)S(C)(=O)=O)c(C)c1. The highest BCUT2D eigenvalue weighted by molar-refractivity contribution is 7.92. The number of ether oxygens (including phenoxy) is 1. The molecule has 0 fully saturated rings. The lowest BCUT2D eigenvalue weighted by Crippen LogP contribution is -2.42. The predicted octanol–water partition coefficient (Wildman–Crippen LogP) is 3.87. The van der Waals surface area contributed by atoms with E-state index < -0.39 is 10.0 Å². The Kier molecular flexibility index (Phi) is 7.76. The van der Waals surface area contributed by atoms with E-state index in [-0.39, 0.29) is 24.4 Å². The zero-order chi connectivity index (χ0) is 23.4. The van der Waals surface area contributed by atoms with E-state index in [2.05, 4.69) is 26.1 Å². The van der Waals surface area contributed by atoms with Crippen molar-refractivity contribution in [2.45, 2.75) is 47.0 Å². The number of nitrogens with one attached hydrogen (secondary N) is 1. The standard InChI is InChI=1S/C24H34N2O4S/c1-17-14-18(2)23(19(3)15-17)26(31(7,28)29)16-22(27)25-12-13-30-21-10-8-20(9-11-21)24(4,5)6/h8-11,14-15H,12-13,16H2,1-7H3,(H,25,27). The first kappa shape index (κ1) is 24.7. The summed E-state index contributed by atoms with van der Waals surface area (Å²) in [5.74, 6) is 0.349. The van der Waals surface area contributed by atoms with Gasteiger partial charge in [-0.15, -0.1) is 0 Å². The van der Waals surface area contributed by atoms with Crippen LogP contribution in [0.3, 0.4) is 0 Å². The van der Waals surface area contributed by atoms with E-state index in [1.807, 2.05) is 57.2 Å². The number of anilines is 1. The first-order valence-corrected chi connectivity index (χ1v) is 12.2. The Morgan fingerprint density at radius 3 is 2.06 bits per heavy atom. The van der Waals surface area contributed by atoms with Crippen LogP contribution in [-0.2, 0) is 20.2 Å². The molecule has 0 bridgehead atoms. The number of benzene rings is 2. The molecule has 31 heavy (non-hydrogen) atoms. The number of hydrogen-bond acceptors (Lipinski definition) is 4. The summed E-state index contributed by atoms with van der Waals surface area (Å²) in [7, 11) is -3.62. The Bertz CT molecular complexity index is 1000. The summed E-state index contributed by atoms with van der Waals surface area (Å²) in [4.78, 5) is 12.5. The lowest BCUT2D eigenvalue weighted by molar-refractivity contribution is -0.119. The fraction of sp³-hybridized carbons (Fsp3) is 0.458. The summed E-state index contributed by atoms with van der Waals surface area (Å²) < 4.78 is 31.6. The molecule has 0 saturated carbocycles. The fourth-order valence-electron chi connectivity index (χ4n) is 3.52. The molecule has 0 spiro atoms. The third-order valence-electron chi connectivity index (χ3n) is 4.99. The third-order valence-corrected chi connectivity index (χ3v) is 6.10. The Balaban J connectivity index is 1.96. The topological polar surface area (TPSA) is 75.7 Å². The molecule has 7 heteroatoms. The van der Waals surface area contributed by atoms with Crippen LogP contribution in [0.25, 0.3) is 0 Å². The van der Waals surface area contributed by atoms with Crippen molar-refractivity contribution in [2.75, 3.05) is 30.3 Å². The number of sulfonamides is 1. The van der Waals surface area contributed by atoms with Crippen LogP contribution in [0, 0.1) is 20.8 Å². The minimum Gasteiger partial charge on any atom is -0.492 e. The first-order chi connectivity index (χ1) is 14.3. The molecule has 0 aliphatic rings. The smallest absolute Gasteiger partial charge is 0.240 e. The van der Waals surface area contributed by atoms with Gasteiger partial charge in [-0.1, -0.05) is 50.6 Å². The maximum absolute atomic E-state index is 12.5. The van der Waals surface area contributed by atoms with Crippen molar-refractivity contribution < 1.29 is 17.9 Å². The summed E-state index contributed by atoms with van der Waals surface area (Å²) in [5, 5.41) is 2.74. The highest BCUT2D eigenvalue weighted by atomic mass is 32.2. The van der Waals surface area contributed by atoms with Gasteiger partial charge in [0.2, 0.25) is 15.9 Å². The Hall–Kier alpha value is -2.54. The molecule has 0 aliphatic heterocycles. The van der Waals surface area contributed by atoms with Gasteiger partial charge in [0.15, 0.2) is 0 Å². The highest BCUT2D eigenvalue weighted by Gasteiger charge is 2.24. The van der Waals surface area contributed by atoms with Gasteiger partial charge in [0.1, 0.15) is 18.9 Å². The maximum atomic E-state index is 12.5. The number of carbonyl (C=O) groups excluding carboxylic acids is 1. The van der Waals surface area contributed by atoms with Gasteiger partial charge < -0.3 is 10.1 Å². The average molecular weight is 447 g/mol. The zero-order valence-electron chi connectivity index (χ0n) is 19.6. The molecule has 0 aromatic heterocycles. The van der Waals surface area contributed by atoms with Crippen molar-refractivity contribution in [3.63, 3.8) is 0 Å². The van der Waals surface area contributed by atoms with Gasteiger partial charge >= 0.3 is 0 Å². The number of amides is 1. The minimum absolute atomic E-state index is 0.0755. The maximum Gasteiger partial charge on any atom is 0.240 e. The lowest BCUT2D eigenvalue weighted by atomic mass is 9.87. The first-order valence-electron chi connectivity index (χ1n) is 10.3. The number of nitrogens with zero attached hydrogens (tertiary/aromatic N) is 1. The van der Waals surface area contributed by atoms with Crippen LogP contribution in [0.1, 0.15) is 43.0 Å². The number of aryl methyl sites for hydroxylation is 3. The van der Waals surface area contributed by atoms with Crippen LogP contribution in [0.5, 0.6) is 5.75 Å². The lowest BCUT2D eigenvalue weighted by Gasteiger charge is -2.26. The molecule has 0 atom stereocenters. The van der Waals surface area contributed by atoms with Crippen molar-refractivity contribution in [3.05, 3.63) is 58.7 Å². The molecule has 0 heterocycles. The Morgan fingerprint density at radius 2 is 1.58 bits per heavy atom. The molecule has 2 aromatic rings. The van der Waals surface area contributed by atoms with Crippen molar-refractivity contribution in [2.24, 2.45) is 0 Å². The summed E-state index contributed by atoms with van der Waals surface area (Å²) in [6.07, 6.45) is 1.11. The van der Waals surface area contributed by atoms with Gasteiger partial charge in [0.05, 0.1) is 18.5 Å². The van der Waals surface area contributed by atoms with Crippen LogP contribution >= 0.6 is 0 Å². The van der Waals surface area contributed by atoms with Crippen LogP contribution in [-0.4, -0.2) is 40.3 Å². The van der Waals surface area contributed by atoms with Crippen LogP contribution < -0.4 is 14.4 Å². The van der Waals surface area contributed by atoms with Gasteiger partial charge in [0.25, 0.3) is 0 Å². The molecule has 1 amide bonds. The summed E-state index contributed by atoms with van der Waals surface area (Å²) >= 11 is 0. The van der Waals surface area contributed by atoms with Crippen LogP contribution in [0.2, 0.25) is 0 Å². The Morgan fingerprint density at radius 1 is 1.03 bits per heavy atom. The highest BCUT2D eigenvalue weighted by Crippen LogP contribution is 2.28. The molecule has 0 aliphatic carbocycles. The quantitative estimate of drug-likeness (QED) is 0.625. The molecule has 0 radical (unpaired) electrons. The van der Waals surface area contributed by atoms with Crippen molar-refractivity contribution in [1.29, 1.82) is 0 Å². The molecule has 2 rings (SSSR count). The molecule has 0 saturated heterocycles. The van der Waals surface area contributed by atoms with Gasteiger partial charge in [-0.25, -0.2) is 8.42 Å². The van der Waals surface area contributed by atoms with E-state index in [0.717, 1.165) is 28.7 Å². The number of carbonyl (C=O) groups is 1. The molecule has 2 aromatic carbocycles. The van der Waals surface area contributed by atoms with Gasteiger partial charge in [0, 0.05) is 0 Å². The summed E-state index contributed by atoms with van der Waals surface area (Å²) in [6.45, 7) is 12.4. The van der Waals surface area contributed by atoms with Crippen LogP contribution in [0.4, 0.5) is 5.69 Å². The van der Waals surface area contributed by atoms with E-state index in [9.17, 15) is 13.2 Å². The largest absolute Gasteiger partial charge is 0.492 e. The normalized spacial score (nSPS) is 11.8. The predicted molar refractivity (Wildman–Crippen MR) is 126 cm³/mol. The monoisotopic (exact) mass is 446 g/mol. The van der Waals surface area contributed by atoms with Crippen LogP contribution in [0.15, 0.2) is 36.4 Å². The second-order valence-corrected chi connectivity index (χ2v) is 10.9. The van der Waals surface area contributed by atoms with E-state index in [1.165, 1.54) is 9.87 Å².